The van der Waals surface area contributed by atoms with E-state index in [9.17, 15) is 4.39 Å². The highest BCUT2D eigenvalue weighted by atomic mass is 19.1. The zero-order chi connectivity index (χ0) is 14.7. The second kappa shape index (κ2) is 5.73. The highest BCUT2D eigenvalue weighted by Gasteiger charge is 2.14. The summed E-state index contributed by atoms with van der Waals surface area (Å²) in [6.45, 7) is 4.41. The standard InChI is InChI=1S/C14H17FN4O/c1-9(2)14-17-6-7-19(14)8-10-4-3-5-11(12(10)15)13(16)18-20/h3-7,9,20H,8H2,1-2H3,(H2,16,18). The number of benzene rings is 1. The van der Waals surface area contributed by atoms with Crippen LogP contribution in [0.25, 0.3) is 0 Å². The van der Waals surface area contributed by atoms with Gasteiger partial charge in [-0.3, -0.25) is 0 Å². The molecule has 0 amide bonds. The number of oxime groups is 1. The van der Waals surface area contributed by atoms with E-state index >= 15 is 0 Å². The SMILES string of the molecule is CC(C)c1nccn1Cc1cccc(/C(N)=N/O)c1F. The Labute approximate surface area is 116 Å². The molecule has 5 nitrogen and oxygen atoms in total. The third-order valence-electron chi connectivity index (χ3n) is 3.07. The van der Waals surface area contributed by atoms with E-state index in [-0.39, 0.29) is 17.3 Å². The van der Waals surface area contributed by atoms with E-state index in [1.165, 1.54) is 6.07 Å². The number of nitrogens with zero attached hydrogens (tertiary/aromatic N) is 3. The summed E-state index contributed by atoms with van der Waals surface area (Å²) in [6, 6.07) is 4.83. The predicted molar refractivity (Wildman–Crippen MR) is 74.3 cm³/mol. The molecule has 0 fully saturated rings. The molecule has 0 saturated carbocycles. The van der Waals surface area contributed by atoms with Crippen molar-refractivity contribution in [1.29, 1.82) is 0 Å². The summed E-state index contributed by atoms with van der Waals surface area (Å²) < 4.78 is 16.2. The van der Waals surface area contributed by atoms with Crippen LogP contribution in [0.4, 0.5) is 4.39 Å². The van der Waals surface area contributed by atoms with Gasteiger partial charge in [0.05, 0.1) is 12.1 Å². The topological polar surface area (TPSA) is 76.4 Å². The molecule has 0 aliphatic carbocycles. The van der Waals surface area contributed by atoms with Gasteiger partial charge >= 0.3 is 0 Å². The fourth-order valence-electron chi connectivity index (χ4n) is 2.09. The molecule has 106 valence electrons. The number of hydrogen-bond donors (Lipinski definition) is 2. The molecule has 20 heavy (non-hydrogen) atoms. The molecular weight excluding hydrogens is 259 g/mol. The lowest BCUT2D eigenvalue weighted by Gasteiger charge is -2.12. The Hall–Kier alpha value is -2.37. The molecule has 2 rings (SSSR count). The second-order valence-corrected chi connectivity index (χ2v) is 4.83. The maximum atomic E-state index is 14.3. The van der Waals surface area contributed by atoms with Gasteiger partial charge in [0.25, 0.3) is 0 Å². The molecule has 0 bridgehead atoms. The van der Waals surface area contributed by atoms with Crippen LogP contribution < -0.4 is 5.73 Å². The molecule has 0 atom stereocenters. The summed E-state index contributed by atoms with van der Waals surface area (Å²) in [4.78, 5) is 4.27. The van der Waals surface area contributed by atoms with Crippen LogP contribution in [-0.4, -0.2) is 20.6 Å². The average Bonchev–Trinajstić information content (AvgIpc) is 2.88. The van der Waals surface area contributed by atoms with Gasteiger partial charge in [0.15, 0.2) is 5.84 Å². The van der Waals surface area contributed by atoms with Crippen molar-refractivity contribution < 1.29 is 9.60 Å². The van der Waals surface area contributed by atoms with Crippen molar-refractivity contribution in [3.63, 3.8) is 0 Å². The van der Waals surface area contributed by atoms with Crippen LogP contribution in [0.5, 0.6) is 0 Å². The van der Waals surface area contributed by atoms with Crippen LogP contribution >= 0.6 is 0 Å². The molecule has 2 aromatic rings. The molecule has 0 aliphatic rings. The van der Waals surface area contributed by atoms with Gasteiger partial charge in [0.1, 0.15) is 11.6 Å². The Balaban J connectivity index is 2.37. The maximum absolute atomic E-state index is 14.3. The molecule has 0 unspecified atom stereocenters. The minimum atomic E-state index is -0.480. The Morgan fingerprint density at radius 3 is 2.90 bits per heavy atom. The van der Waals surface area contributed by atoms with Crippen molar-refractivity contribution in [2.45, 2.75) is 26.3 Å². The predicted octanol–water partition coefficient (Wildman–Crippen LogP) is 2.29. The van der Waals surface area contributed by atoms with Gasteiger partial charge < -0.3 is 15.5 Å². The summed E-state index contributed by atoms with van der Waals surface area (Å²) in [5, 5.41) is 11.5. The van der Waals surface area contributed by atoms with Crippen LogP contribution in [0.15, 0.2) is 35.7 Å². The van der Waals surface area contributed by atoms with E-state index in [1.807, 2.05) is 24.6 Å². The fraction of sp³-hybridized carbons (Fsp3) is 0.286. The lowest BCUT2D eigenvalue weighted by molar-refractivity contribution is 0.318. The van der Waals surface area contributed by atoms with Crippen molar-refractivity contribution >= 4 is 5.84 Å². The quantitative estimate of drug-likeness (QED) is 0.389. The minimum absolute atomic E-state index is 0.0937. The van der Waals surface area contributed by atoms with E-state index in [0.717, 1.165) is 5.82 Å². The largest absolute Gasteiger partial charge is 0.409 e. The van der Waals surface area contributed by atoms with E-state index in [1.54, 1.807) is 18.3 Å². The fourth-order valence-corrected chi connectivity index (χ4v) is 2.09. The van der Waals surface area contributed by atoms with Crippen molar-refractivity contribution in [3.05, 3.63) is 53.4 Å². The molecule has 3 N–H and O–H groups in total. The summed E-state index contributed by atoms with van der Waals surface area (Å²) >= 11 is 0. The normalized spacial score (nSPS) is 12.1. The number of imidazole rings is 1. The molecule has 0 spiro atoms. The second-order valence-electron chi connectivity index (χ2n) is 4.83. The van der Waals surface area contributed by atoms with Crippen LogP contribution in [0.1, 0.15) is 36.7 Å². The van der Waals surface area contributed by atoms with Gasteiger partial charge in [0.2, 0.25) is 0 Å². The summed E-state index contributed by atoms with van der Waals surface area (Å²) in [7, 11) is 0. The molecule has 0 saturated heterocycles. The lowest BCUT2D eigenvalue weighted by Crippen LogP contribution is -2.17. The van der Waals surface area contributed by atoms with Crippen molar-refractivity contribution in [2.75, 3.05) is 0 Å². The highest BCUT2D eigenvalue weighted by Crippen LogP contribution is 2.17. The first kappa shape index (κ1) is 14.0. The number of hydrogen-bond acceptors (Lipinski definition) is 3. The summed E-state index contributed by atoms with van der Waals surface area (Å²) in [6.07, 6.45) is 3.51. The molecule has 6 heteroatoms. The molecule has 0 radical (unpaired) electrons. The zero-order valence-electron chi connectivity index (χ0n) is 11.4. The molecule has 0 aliphatic heterocycles. The number of amidine groups is 1. The summed E-state index contributed by atoms with van der Waals surface area (Å²) in [5.41, 5.74) is 6.02. The molecule has 1 aromatic heterocycles. The van der Waals surface area contributed by atoms with Gasteiger partial charge in [-0.25, -0.2) is 9.37 Å². The Morgan fingerprint density at radius 2 is 2.25 bits per heavy atom. The van der Waals surface area contributed by atoms with Crippen molar-refractivity contribution in [2.24, 2.45) is 10.9 Å². The summed E-state index contributed by atoms with van der Waals surface area (Å²) in [5.74, 6) is 0.421. The van der Waals surface area contributed by atoms with Crippen LogP contribution in [0.2, 0.25) is 0 Å². The van der Waals surface area contributed by atoms with Gasteiger partial charge in [0, 0.05) is 23.9 Å². The number of rotatable bonds is 4. The van der Waals surface area contributed by atoms with E-state index in [0.29, 0.717) is 12.1 Å². The van der Waals surface area contributed by atoms with Crippen molar-refractivity contribution in [3.8, 4) is 0 Å². The number of nitrogens with two attached hydrogens (primary N) is 1. The smallest absolute Gasteiger partial charge is 0.173 e. The first-order valence-corrected chi connectivity index (χ1v) is 6.31. The van der Waals surface area contributed by atoms with Gasteiger partial charge in [-0.05, 0) is 6.07 Å². The maximum Gasteiger partial charge on any atom is 0.173 e. The third-order valence-corrected chi connectivity index (χ3v) is 3.07. The van der Waals surface area contributed by atoms with Crippen molar-refractivity contribution in [1.82, 2.24) is 9.55 Å². The van der Waals surface area contributed by atoms with Gasteiger partial charge in [-0.1, -0.05) is 31.1 Å². The Kier molecular flexibility index (Phi) is 4.02. The van der Waals surface area contributed by atoms with E-state index in [2.05, 4.69) is 10.1 Å². The third kappa shape index (κ3) is 2.64. The Morgan fingerprint density at radius 1 is 1.50 bits per heavy atom. The molecular formula is C14H17FN4O. The first-order valence-electron chi connectivity index (χ1n) is 6.31. The van der Waals surface area contributed by atoms with Crippen LogP contribution in [0.3, 0.4) is 0 Å². The number of halogens is 1. The van der Waals surface area contributed by atoms with E-state index < -0.39 is 5.82 Å². The lowest BCUT2D eigenvalue weighted by atomic mass is 10.1. The monoisotopic (exact) mass is 276 g/mol. The molecule has 1 aromatic carbocycles. The van der Waals surface area contributed by atoms with Crippen LogP contribution in [0, 0.1) is 5.82 Å². The van der Waals surface area contributed by atoms with E-state index in [4.69, 9.17) is 10.9 Å². The zero-order valence-corrected chi connectivity index (χ0v) is 11.4. The first-order chi connectivity index (χ1) is 9.54. The molecule has 1 heterocycles. The number of aromatic nitrogens is 2. The van der Waals surface area contributed by atoms with Gasteiger partial charge in [-0.2, -0.15) is 0 Å². The Bertz CT molecular complexity index is 634. The average molecular weight is 276 g/mol. The highest BCUT2D eigenvalue weighted by molar-refractivity contribution is 5.97. The van der Waals surface area contributed by atoms with Gasteiger partial charge in [-0.15, -0.1) is 0 Å². The minimum Gasteiger partial charge on any atom is -0.409 e. The van der Waals surface area contributed by atoms with Crippen LogP contribution in [-0.2, 0) is 6.54 Å².